The van der Waals surface area contributed by atoms with Crippen LogP contribution in [0.25, 0.3) is 5.69 Å². The number of rotatable bonds is 3. The Hall–Kier alpha value is -1.81. The van der Waals surface area contributed by atoms with E-state index in [1.54, 1.807) is 6.92 Å². The molecule has 0 aliphatic carbocycles. The van der Waals surface area contributed by atoms with Crippen molar-refractivity contribution in [1.82, 2.24) is 9.78 Å². The van der Waals surface area contributed by atoms with Gasteiger partial charge in [-0.1, -0.05) is 29.3 Å². The van der Waals surface area contributed by atoms with E-state index in [2.05, 4.69) is 5.10 Å². The minimum Gasteiger partial charge on any atom is -0.462 e. The van der Waals surface area contributed by atoms with Gasteiger partial charge < -0.3 is 4.74 Å². The summed E-state index contributed by atoms with van der Waals surface area (Å²) in [6.07, 6.45) is 1.42. The first kappa shape index (κ1) is 12.6. The molecule has 0 unspecified atom stereocenters. The van der Waals surface area contributed by atoms with Crippen LogP contribution in [0.5, 0.6) is 0 Å². The number of aromatic nitrogens is 2. The molecular formula is C13H13ClN2O2. The Morgan fingerprint density at radius 2 is 2.06 bits per heavy atom. The molecule has 18 heavy (non-hydrogen) atoms. The van der Waals surface area contributed by atoms with Gasteiger partial charge in [0.2, 0.25) is 0 Å². The number of carbonyl (C=O) groups is 1. The fraction of sp³-hybridized carbons (Fsp3) is 0.231. The van der Waals surface area contributed by atoms with E-state index in [-0.39, 0.29) is 10.7 Å². The van der Waals surface area contributed by atoms with E-state index in [1.807, 2.05) is 31.2 Å². The molecule has 0 spiro atoms. The Labute approximate surface area is 110 Å². The molecule has 0 bridgehead atoms. The van der Waals surface area contributed by atoms with Crippen LogP contribution in [0.15, 0.2) is 30.5 Å². The first-order valence-corrected chi connectivity index (χ1v) is 5.99. The number of hydrogen-bond donors (Lipinski definition) is 0. The standard InChI is InChI=1S/C13H13ClN2O2/c1-3-18-13(17)11-8-15-16(12(11)14)10-6-4-9(2)5-7-10/h4-8H,3H2,1-2H3. The summed E-state index contributed by atoms with van der Waals surface area (Å²) in [5.41, 5.74) is 2.23. The summed E-state index contributed by atoms with van der Waals surface area (Å²) in [7, 11) is 0. The van der Waals surface area contributed by atoms with Crippen molar-refractivity contribution in [2.45, 2.75) is 13.8 Å². The fourth-order valence-electron chi connectivity index (χ4n) is 1.55. The van der Waals surface area contributed by atoms with Crippen LogP contribution in [-0.2, 0) is 4.74 Å². The lowest BCUT2D eigenvalue weighted by Crippen LogP contribution is -2.04. The maximum Gasteiger partial charge on any atom is 0.342 e. The minimum absolute atomic E-state index is 0.261. The summed E-state index contributed by atoms with van der Waals surface area (Å²) < 4.78 is 6.41. The van der Waals surface area contributed by atoms with E-state index in [0.717, 1.165) is 11.3 Å². The van der Waals surface area contributed by atoms with E-state index in [0.29, 0.717) is 6.61 Å². The Bertz CT molecular complexity index is 561. The molecule has 0 saturated heterocycles. The molecule has 0 atom stereocenters. The van der Waals surface area contributed by atoms with Crippen molar-refractivity contribution < 1.29 is 9.53 Å². The molecule has 1 aromatic heterocycles. The number of benzene rings is 1. The predicted molar refractivity (Wildman–Crippen MR) is 69.3 cm³/mol. The van der Waals surface area contributed by atoms with Crippen molar-refractivity contribution in [3.63, 3.8) is 0 Å². The van der Waals surface area contributed by atoms with Crippen LogP contribution >= 0.6 is 11.6 Å². The molecule has 5 heteroatoms. The van der Waals surface area contributed by atoms with E-state index in [1.165, 1.54) is 10.9 Å². The maximum absolute atomic E-state index is 11.6. The van der Waals surface area contributed by atoms with Crippen LogP contribution in [0.3, 0.4) is 0 Å². The molecule has 94 valence electrons. The molecule has 4 nitrogen and oxygen atoms in total. The molecule has 0 amide bonds. The molecule has 2 aromatic rings. The van der Waals surface area contributed by atoms with Gasteiger partial charge >= 0.3 is 5.97 Å². The summed E-state index contributed by atoms with van der Waals surface area (Å²) in [6, 6.07) is 7.70. The van der Waals surface area contributed by atoms with Gasteiger partial charge in [0.05, 0.1) is 18.5 Å². The second kappa shape index (κ2) is 5.23. The summed E-state index contributed by atoms with van der Waals surface area (Å²) in [4.78, 5) is 11.6. The van der Waals surface area contributed by atoms with Gasteiger partial charge in [0.1, 0.15) is 10.7 Å². The summed E-state index contributed by atoms with van der Waals surface area (Å²) in [6.45, 7) is 4.06. The van der Waals surface area contributed by atoms with Crippen LogP contribution < -0.4 is 0 Å². The largest absolute Gasteiger partial charge is 0.462 e. The van der Waals surface area contributed by atoms with Crippen molar-refractivity contribution in [2.24, 2.45) is 0 Å². The molecule has 2 rings (SSSR count). The van der Waals surface area contributed by atoms with E-state index in [9.17, 15) is 4.79 Å². The molecule has 0 aliphatic rings. The zero-order valence-electron chi connectivity index (χ0n) is 10.2. The number of carbonyl (C=O) groups excluding carboxylic acids is 1. The van der Waals surface area contributed by atoms with Crippen LogP contribution in [0.1, 0.15) is 22.8 Å². The van der Waals surface area contributed by atoms with Gasteiger partial charge in [-0.15, -0.1) is 0 Å². The van der Waals surface area contributed by atoms with Crippen molar-refractivity contribution >= 4 is 17.6 Å². The number of esters is 1. The van der Waals surface area contributed by atoms with Gasteiger partial charge in [0.25, 0.3) is 0 Å². The highest BCUT2D eigenvalue weighted by molar-refractivity contribution is 6.32. The van der Waals surface area contributed by atoms with Crippen molar-refractivity contribution in [3.8, 4) is 5.69 Å². The monoisotopic (exact) mass is 264 g/mol. The predicted octanol–water partition coefficient (Wildman–Crippen LogP) is 3.01. The van der Waals surface area contributed by atoms with Crippen LogP contribution in [0.4, 0.5) is 0 Å². The highest BCUT2D eigenvalue weighted by Gasteiger charge is 2.17. The summed E-state index contributed by atoms with van der Waals surface area (Å²) in [5.74, 6) is -0.458. The van der Waals surface area contributed by atoms with Crippen LogP contribution in [-0.4, -0.2) is 22.4 Å². The topological polar surface area (TPSA) is 44.1 Å². The van der Waals surface area contributed by atoms with Gasteiger partial charge in [0.15, 0.2) is 0 Å². The third-order valence-corrected chi connectivity index (χ3v) is 2.85. The number of aryl methyl sites for hydroxylation is 1. The Morgan fingerprint density at radius 1 is 1.39 bits per heavy atom. The highest BCUT2D eigenvalue weighted by atomic mass is 35.5. The average molecular weight is 265 g/mol. The molecule has 0 fully saturated rings. The van der Waals surface area contributed by atoms with Gasteiger partial charge in [-0.3, -0.25) is 0 Å². The van der Waals surface area contributed by atoms with Gasteiger partial charge in [-0.25, -0.2) is 9.48 Å². The van der Waals surface area contributed by atoms with Crippen molar-refractivity contribution in [2.75, 3.05) is 6.61 Å². The molecule has 0 N–H and O–H groups in total. The fourth-order valence-corrected chi connectivity index (χ4v) is 1.81. The average Bonchev–Trinajstić information content (AvgIpc) is 2.73. The SMILES string of the molecule is CCOC(=O)c1cnn(-c2ccc(C)cc2)c1Cl. The van der Waals surface area contributed by atoms with Gasteiger partial charge in [-0.05, 0) is 26.0 Å². The normalized spacial score (nSPS) is 10.4. The zero-order valence-corrected chi connectivity index (χ0v) is 10.9. The number of nitrogens with zero attached hydrogens (tertiary/aromatic N) is 2. The zero-order chi connectivity index (χ0) is 13.1. The lowest BCUT2D eigenvalue weighted by Gasteiger charge is -2.04. The Balaban J connectivity index is 2.36. The number of halogens is 1. The quantitative estimate of drug-likeness (QED) is 0.801. The Morgan fingerprint density at radius 3 is 2.67 bits per heavy atom. The summed E-state index contributed by atoms with van der Waals surface area (Å²) in [5, 5.41) is 4.36. The highest BCUT2D eigenvalue weighted by Crippen LogP contribution is 2.21. The van der Waals surface area contributed by atoms with E-state index in [4.69, 9.17) is 16.3 Å². The Kier molecular flexibility index (Phi) is 3.67. The molecule has 1 aromatic carbocycles. The van der Waals surface area contributed by atoms with Crippen molar-refractivity contribution in [1.29, 1.82) is 0 Å². The minimum atomic E-state index is -0.458. The van der Waals surface area contributed by atoms with E-state index < -0.39 is 5.97 Å². The third kappa shape index (κ3) is 2.38. The molecule has 0 saturated carbocycles. The number of hydrogen-bond acceptors (Lipinski definition) is 3. The second-order valence-corrected chi connectivity index (χ2v) is 4.17. The first-order valence-electron chi connectivity index (χ1n) is 5.61. The smallest absolute Gasteiger partial charge is 0.342 e. The lowest BCUT2D eigenvalue weighted by molar-refractivity contribution is 0.0526. The molecule has 1 heterocycles. The van der Waals surface area contributed by atoms with Crippen LogP contribution in [0.2, 0.25) is 5.15 Å². The van der Waals surface area contributed by atoms with Crippen LogP contribution in [0, 0.1) is 6.92 Å². The first-order chi connectivity index (χ1) is 8.63. The summed E-state index contributed by atoms with van der Waals surface area (Å²) >= 11 is 6.13. The maximum atomic E-state index is 11.6. The van der Waals surface area contributed by atoms with Crippen molar-refractivity contribution in [3.05, 3.63) is 46.7 Å². The molecule has 0 aliphatic heterocycles. The van der Waals surface area contributed by atoms with Gasteiger partial charge in [-0.2, -0.15) is 5.10 Å². The molecular weight excluding hydrogens is 252 g/mol. The number of ether oxygens (including phenoxy) is 1. The second-order valence-electron chi connectivity index (χ2n) is 3.82. The third-order valence-electron chi connectivity index (χ3n) is 2.48. The van der Waals surface area contributed by atoms with Gasteiger partial charge in [0, 0.05) is 0 Å². The van der Waals surface area contributed by atoms with E-state index >= 15 is 0 Å². The molecule has 0 radical (unpaired) electrons. The lowest BCUT2D eigenvalue weighted by atomic mass is 10.2.